The van der Waals surface area contributed by atoms with Gasteiger partial charge in [-0.2, -0.15) is 0 Å². The number of benzene rings is 1. The number of amides is 4. The van der Waals surface area contributed by atoms with E-state index in [1.54, 1.807) is 6.07 Å². The quantitative estimate of drug-likeness (QED) is 0.518. The van der Waals surface area contributed by atoms with Gasteiger partial charge in [0.2, 0.25) is 11.8 Å². The van der Waals surface area contributed by atoms with Gasteiger partial charge in [-0.05, 0) is 69.2 Å². The molecule has 210 valence electrons. The van der Waals surface area contributed by atoms with Gasteiger partial charge in [-0.15, -0.1) is 0 Å². The van der Waals surface area contributed by atoms with Crippen molar-refractivity contribution >= 4 is 29.3 Å². The maximum Gasteiger partial charge on any atom is 0.262 e. The first-order valence-electron chi connectivity index (χ1n) is 14.6. The molecule has 5 aliphatic rings. The van der Waals surface area contributed by atoms with Crippen LogP contribution in [0.4, 0.5) is 5.69 Å². The molecule has 0 aliphatic carbocycles. The van der Waals surface area contributed by atoms with Gasteiger partial charge < -0.3 is 15.1 Å². The van der Waals surface area contributed by atoms with E-state index in [9.17, 15) is 19.2 Å². The van der Waals surface area contributed by atoms with E-state index in [0.717, 1.165) is 62.1 Å². The molecule has 2 N–H and O–H groups in total. The second-order valence-electron chi connectivity index (χ2n) is 12.1. The number of hydrogen-bond donors (Lipinski definition) is 2. The molecule has 0 radical (unpaired) electrons. The van der Waals surface area contributed by atoms with Crippen molar-refractivity contribution in [3.63, 3.8) is 0 Å². The van der Waals surface area contributed by atoms with Crippen molar-refractivity contribution in [2.45, 2.75) is 51.1 Å². The molecule has 0 bridgehead atoms. The summed E-state index contributed by atoms with van der Waals surface area (Å²) in [5.74, 6) is -0.389. The number of nitrogens with zero attached hydrogens (tertiary/aromatic N) is 4. The van der Waals surface area contributed by atoms with Crippen molar-refractivity contribution < 1.29 is 19.2 Å². The molecule has 0 spiro atoms. The van der Waals surface area contributed by atoms with Crippen LogP contribution in [0.2, 0.25) is 0 Å². The number of hydrogen-bond acceptors (Lipinski definition) is 8. The fourth-order valence-corrected chi connectivity index (χ4v) is 7.11. The number of rotatable bonds is 6. The Labute approximate surface area is 230 Å². The maximum absolute atomic E-state index is 13.2. The van der Waals surface area contributed by atoms with Crippen molar-refractivity contribution in [3.05, 3.63) is 29.3 Å². The van der Waals surface area contributed by atoms with Crippen molar-refractivity contribution in [1.82, 2.24) is 25.3 Å². The van der Waals surface area contributed by atoms with Gasteiger partial charge in [0, 0.05) is 70.5 Å². The van der Waals surface area contributed by atoms with Crippen LogP contribution in [0.1, 0.15) is 59.7 Å². The number of anilines is 1. The van der Waals surface area contributed by atoms with E-state index >= 15 is 0 Å². The topological polar surface area (TPSA) is 105 Å². The molecule has 0 saturated carbocycles. The first-order chi connectivity index (χ1) is 18.9. The van der Waals surface area contributed by atoms with Crippen LogP contribution in [0.15, 0.2) is 18.2 Å². The van der Waals surface area contributed by atoms with Crippen LogP contribution in [0.5, 0.6) is 0 Å². The normalized spacial score (nSPS) is 29.3. The molecule has 5 heterocycles. The summed E-state index contributed by atoms with van der Waals surface area (Å²) in [6.07, 6.45) is 3.82. The van der Waals surface area contributed by atoms with Gasteiger partial charge in [0.25, 0.3) is 11.8 Å². The maximum atomic E-state index is 13.2. The van der Waals surface area contributed by atoms with Gasteiger partial charge in [0.05, 0.1) is 11.1 Å². The fraction of sp³-hybridized carbons (Fsp3) is 0.655. The monoisotopic (exact) mass is 536 g/mol. The molecule has 3 atom stereocenters. The highest BCUT2D eigenvalue weighted by Gasteiger charge is 2.44. The van der Waals surface area contributed by atoms with Gasteiger partial charge in [-0.1, -0.05) is 0 Å². The van der Waals surface area contributed by atoms with Crippen molar-refractivity contribution in [3.8, 4) is 0 Å². The molecule has 39 heavy (non-hydrogen) atoms. The van der Waals surface area contributed by atoms with Crippen molar-refractivity contribution in [2.24, 2.45) is 11.8 Å². The van der Waals surface area contributed by atoms with E-state index in [1.165, 1.54) is 32.6 Å². The Morgan fingerprint density at radius 3 is 2.41 bits per heavy atom. The third kappa shape index (κ3) is 5.34. The first-order valence-corrected chi connectivity index (χ1v) is 14.6. The van der Waals surface area contributed by atoms with Crippen molar-refractivity contribution in [2.75, 3.05) is 63.8 Å². The summed E-state index contributed by atoms with van der Waals surface area (Å²) in [6, 6.07) is 5.14. The number of likely N-dealkylation sites (tertiary alicyclic amines) is 1. The lowest BCUT2D eigenvalue weighted by atomic mass is 9.95. The molecule has 1 aromatic carbocycles. The summed E-state index contributed by atoms with van der Waals surface area (Å²) in [6.45, 7) is 12.3. The Bertz CT molecular complexity index is 1150. The average molecular weight is 537 g/mol. The molecule has 10 heteroatoms. The number of carbonyl (C=O) groups is 4. The Kier molecular flexibility index (Phi) is 7.43. The summed E-state index contributed by atoms with van der Waals surface area (Å²) >= 11 is 0. The average Bonchev–Trinajstić information content (AvgIpc) is 3.47. The molecule has 4 saturated heterocycles. The predicted octanol–water partition coefficient (Wildman–Crippen LogP) is 0.920. The molecule has 10 nitrogen and oxygen atoms in total. The number of imide groups is 2. The summed E-state index contributed by atoms with van der Waals surface area (Å²) in [5.41, 5.74) is 1.64. The predicted molar refractivity (Wildman–Crippen MR) is 147 cm³/mol. The standard InChI is InChI=1S/C29H40N6O4/c1-19-15-30-9-13-34(19)18-21-6-10-32(17-21)16-20-7-11-33(12-8-20)22-2-3-23-24(14-22)29(39)35(28(23)38)25-4-5-26(36)31-27(25)37/h2-3,14,19-21,25,30H,4-13,15-18H2,1H3,(H,31,36,37)/t19-,21-,25?/m0/s1. The van der Waals surface area contributed by atoms with Crippen LogP contribution in [0.25, 0.3) is 0 Å². The Morgan fingerprint density at radius 2 is 1.64 bits per heavy atom. The molecule has 1 unspecified atom stereocenters. The highest BCUT2D eigenvalue weighted by molar-refractivity contribution is 6.23. The lowest BCUT2D eigenvalue weighted by Crippen LogP contribution is -2.54. The smallest absolute Gasteiger partial charge is 0.262 e. The van der Waals surface area contributed by atoms with Gasteiger partial charge >= 0.3 is 0 Å². The van der Waals surface area contributed by atoms with E-state index in [0.29, 0.717) is 23.1 Å². The molecular weight excluding hydrogens is 496 g/mol. The largest absolute Gasteiger partial charge is 0.371 e. The zero-order valence-electron chi connectivity index (χ0n) is 22.9. The number of piperidine rings is 2. The van der Waals surface area contributed by atoms with Crippen molar-refractivity contribution in [1.29, 1.82) is 0 Å². The molecule has 4 amide bonds. The van der Waals surface area contributed by atoms with E-state index in [1.807, 2.05) is 12.1 Å². The number of fused-ring (bicyclic) bond motifs is 1. The van der Waals surface area contributed by atoms with Gasteiger partial charge in [-0.3, -0.25) is 34.3 Å². The number of carbonyl (C=O) groups excluding carboxylic acids is 4. The van der Waals surface area contributed by atoms with Crippen LogP contribution >= 0.6 is 0 Å². The van der Waals surface area contributed by atoms with Gasteiger partial charge in [0.15, 0.2) is 0 Å². The molecule has 5 aliphatic heterocycles. The molecular formula is C29H40N6O4. The second kappa shape index (κ2) is 11.0. The van der Waals surface area contributed by atoms with E-state index < -0.39 is 23.8 Å². The van der Waals surface area contributed by atoms with E-state index in [-0.39, 0.29) is 18.7 Å². The Morgan fingerprint density at radius 1 is 0.872 bits per heavy atom. The zero-order chi connectivity index (χ0) is 27.1. The summed E-state index contributed by atoms with van der Waals surface area (Å²) in [7, 11) is 0. The summed E-state index contributed by atoms with van der Waals surface area (Å²) in [4.78, 5) is 58.7. The van der Waals surface area contributed by atoms with Crippen LogP contribution in [0.3, 0.4) is 0 Å². The fourth-order valence-electron chi connectivity index (χ4n) is 7.11. The second-order valence-corrected chi connectivity index (χ2v) is 12.1. The molecule has 0 aromatic heterocycles. The highest BCUT2D eigenvalue weighted by Crippen LogP contribution is 2.32. The Balaban J connectivity index is 1.01. The summed E-state index contributed by atoms with van der Waals surface area (Å²) < 4.78 is 0. The lowest BCUT2D eigenvalue weighted by Gasteiger charge is -2.36. The van der Waals surface area contributed by atoms with Crippen LogP contribution in [-0.4, -0.2) is 109 Å². The number of nitrogens with one attached hydrogen (secondary N) is 2. The molecule has 4 fully saturated rings. The van der Waals surface area contributed by atoms with E-state index in [2.05, 4.69) is 32.3 Å². The van der Waals surface area contributed by atoms with Crippen LogP contribution in [0, 0.1) is 11.8 Å². The highest BCUT2D eigenvalue weighted by atomic mass is 16.2. The zero-order valence-corrected chi connectivity index (χ0v) is 22.9. The minimum Gasteiger partial charge on any atom is -0.371 e. The molecule has 6 rings (SSSR count). The minimum absolute atomic E-state index is 0.122. The third-order valence-corrected chi connectivity index (χ3v) is 9.42. The minimum atomic E-state index is -0.931. The van der Waals surface area contributed by atoms with E-state index in [4.69, 9.17) is 0 Å². The number of piperazine rings is 1. The first kappa shape index (κ1) is 26.4. The summed E-state index contributed by atoms with van der Waals surface area (Å²) in [5, 5.41) is 5.74. The lowest BCUT2D eigenvalue weighted by molar-refractivity contribution is -0.136. The van der Waals surface area contributed by atoms with Gasteiger partial charge in [0.1, 0.15) is 6.04 Å². The van der Waals surface area contributed by atoms with Crippen LogP contribution < -0.4 is 15.5 Å². The molecule has 1 aromatic rings. The van der Waals surface area contributed by atoms with Crippen LogP contribution in [-0.2, 0) is 9.59 Å². The third-order valence-electron chi connectivity index (χ3n) is 9.42. The SMILES string of the molecule is C[C@H]1CNCCN1C[C@H]1CCN(CC2CCN(c3ccc4c(c3)C(=O)N(C3CCC(=O)NC3=O)C4=O)CC2)C1. The van der Waals surface area contributed by atoms with Gasteiger partial charge in [-0.25, -0.2) is 0 Å². The Hall–Kier alpha value is -2.82.